The average molecular weight is 204 g/mol. The molecule has 0 heterocycles. The summed E-state index contributed by atoms with van der Waals surface area (Å²) in [7, 11) is 4.80. The van der Waals surface area contributed by atoms with Gasteiger partial charge in [0.05, 0.1) is 0 Å². The molecule has 1 aromatic rings. The monoisotopic (exact) mass is 204 g/mol. The summed E-state index contributed by atoms with van der Waals surface area (Å²) in [5.41, 5.74) is 1.26. The van der Waals surface area contributed by atoms with Gasteiger partial charge in [-0.25, -0.2) is 0 Å². The summed E-state index contributed by atoms with van der Waals surface area (Å²) in [6, 6.07) is 8.06. The van der Waals surface area contributed by atoms with Gasteiger partial charge in [0.25, 0.3) is 0 Å². The van der Waals surface area contributed by atoms with Crippen molar-refractivity contribution in [2.75, 3.05) is 0 Å². The van der Waals surface area contributed by atoms with Crippen molar-refractivity contribution in [2.24, 2.45) is 0 Å². The molecule has 0 radical (unpaired) electrons. The van der Waals surface area contributed by atoms with Gasteiger partial charge in [0.15, 0.2) is 0 Å². The van der Waals surface area contributed by atoms with Gasteiger partial charge >= 0.3 is 0 Å². The predicted octanol–water partition coefficient (Wildman–Crippen LogP) is 3.35. The third kappa shape index (κ3) is 3.48. The molecule has 0 spiro atoms. The highest BCUT2D eigenvalue weighted by Gasteiger charge is 1.95. The molecule has 0 saturated carbocycles. The molecule has 1 rings (SSSR count). The second-order valence-electron chi connectivity index (χ2n) is 2.26. The smallest absolute Gasteiger partial charge is 0.124 e. The quantitative estimate of drug-likeness (QED) is 0.671. The summed E-state index contributed by atoms with van der Waals surface area (Å²) in [6.07, 6.45) is 0. The van der Waals surface area contributed by atoms with E-state index < -0.39 is 7.53 Å². The second-order valence-corrected chi connectivity index (χ2v) is 8.01. The highest BCUT2D eigenvalue weighted by atomic mass is 32.4. The van der Waals surface area contributed by atoms with Crippen LogP contribution in [0.1, 0.15) is 5.56 Å². The van der Waals surface area contributed by atoms with Crippen LogP contribution >= 0.6 is 25.4 Å². The van der Waals surface area contributed by atoms with Gasteiger partial charge in [-0.15, -0.1) is 0 Å². The van der Waals surface area contributed by atoms with Gasteiger partial charge in [-0.1, -0.05) is 35.6 Å². The van der Waals surface area contributed by atoms with Crippen molar-refractivity contribution in [3.8, 4) is 5.75 Å². The van der Waals surface area contributed by atoms with E-state index in [0.29, 0.717) is 0 Å². The lowest BCUT2D eigenvalue weighted by molar-refractivity contribution is 0.639. The van der Waals surface area contributed by atoms with Crippen molar-refractivity contribution in [1.29, 1.82) is 0 Å². The maximum atomic E-state index is 5.46. The van der Waals surface area contributed by atoms with E-state index in [9.17, 15) is 0 Å². The van der Waals surface area contributed by atoms with Gasteiger partial charge in [-0.2, -0.15) is 0 Å². The maximum absolute atomic E-state index is 5.46. The molecule has 0 fully saturated rings. The molecule has 0 amide bonds. The minimum absolute atomic E-state index is 0.453. The first kappa shape index (κ1) is 9.40. The van der Waals surface area contributed by atoms with Crippen LogP contribution in [0.2, 0.25) is 0 Å². The molecule has 0 bridgehead atoms. The van der Waals surface area contributed by atoms with Gasteiger partial charge in [0, 0.05) is 0 Å². The molecule has 2 unspecified atom stereocenters. The lowest BCUT2D eigenvalue weighted by atomic mass is 10.2. The topological polar surface area (TPSA) is 9.23 Å². The van der Waals surface area contributed by atoms with Crippen LogP contribution in [-0.2, 0) is 0 Å². The SMILES string of the molecule is Cc1ccc(OP(P)P)cc1. The Kier molecular flexibility index (Phi) is 3.73. The Hall–Kier alpha value is 0.310. The standard InChI is InChI=1S/C7H11OP3/c1-6-2-4-7(5-3-6)8-11(9)10/h2-5H,9-10H2,1H3. The third-order valence-electron chi connectivity index (χ3n) is 1.23. The van der Waals surface area contributed by atoms with Gasteiger partial charge in [0.2, 0.25) is 0 Å². The molecular formula is C7H11OP3. The van der Waals surface area contributed by atoms with Crippen molar-refractivity contribution in [3.63, 3.8) is 0 Å². The molecule has 4 heteroatoms. The lowest BCUT2D eigenvalue weighted by Gasteiger charge is -2.07. The fourth-order valence-electron chi connectivity index (χ4n) is 0.721. The first-order valence-corrected chi connectivity index (χ1v) is 7.72. The van der Waals surface area contributed by atoms with Crippen molar-refractivity contribution in [3.05, 3.63) is 29.8 Å². The first-order chi connectivity index (χ1) is 5.18. The molecule has 2 atom stereocenters. The molecule has 0 aromatic heterocycles. The molecule has 1 nitrogen and oxygen atoms in total. The zero-order valence-corrected chi connectivity index (χ0v) is 9.52. The summed E-state index contributed by atoms with van der Waals surface area (Å²) in [4.78, 5) is 0. The average Bonchev–Trinajstić information content (AvgIpc) is 1.93. The zero-order valence-electron chi connectivity index (χ0n) is 6.32. The van der Waals surface area contributed by atoms with Crippen LogP contribution in [0.15, 0.2) is 24.3 Å². The second kappa shape index (κ2) is 4.36. The Morgan fingerprint density at radius 2 is 1.73 bits per heavy atom. The van der Waals surface area contributed by atoms with E-state index in [4.69, 9.17) is 4.52 Å². The first-order valence-electron chi connectivity index (χ1n) is 3.22. The Bertz CT molecular complexity index is 220. The van der Waals surface area contributed by atoms with Gasteiger partial charge in [-0.3, -0.25) is 0 Å². The zero-order chi connectivity index (χ0) is 8.27. The van der Waals surface area contributed by atoms with E-state index in [0.717, 1.165) is 5.75 Å². The third-order valence-corrected chi connectivity index (χ3v) is 2.29. The fourth-order valence-corrected chi connectivity index (χ4v) is 1.82. The van der Waals surface area contributed by atoms with Crippen LogP contribution < -0.4 is 4.52 Å². The molecule has 60 valence electrons. The van der Waals surface area contributed by atoms with E-state index in [1.54, 1.807) is 0 Å². The highest BCUT2D eigenvalue weighted by Crippen LogP contribution is 2.53. The molecule has 0 aliphatic heterocycles. The summed E-state index contributed by atoms with van der Waals surface area (Å²) in [6.45, 7) is 2.06. The van der Waals surface area contributed by atoms with E-state index in [2.05, 4.69) is 24.8 Å². The minimum Gasteiger partial charge on any atom is -0.466 e. The molecule has 0 N–H and O–H groups in total. The Morgan fingerprint density at radius 1 is 1.18 bits per heavy atom. The molecular weight excluding hydrogens is 193 g/mol. The number of hydrogen-bond acceptors (Lipinski definition) is 1. The fraction of sp³-hybridized carbons (Fsp3) is 0.143. The summed E-state index contributed by atoms with van der Waals surface area (Å²) in [5.74, 6) is 0.937. The van der Waals surface area contributed by atoms with Crippen LogP contribution in [0, 0.1) is 6.92 Å². The van der Waals surface area contributed by atoms with Crippen LogP contribution in [-0.4, -0.2) is 0 Å². The van der Waals surface area contributed by atoms with Gasteiger partial charge in [0.1, 0.15) is 13.3 Å². The maximum Gasteiger partial charge on any atom is 0.124 e. The molecule has 0 aliphatic carbocycles. The van der Waals surface area contributed by atoms with Crippen LogP contribution in [0.25, 0.3) is 0 Å². The number of benzene rings is 1. The summed E-state index contributed by atoms with van der Waals surface area (Å²) in [5, 5.41) is 0. The molecule has 11 heavy (non-hydrogen) atoms. The van der Waals surface area contributed by atoms with E-state index in [-0.39, 0.29) is 0 Å². The minimum atomic E-state index is -0.453. The Balaban J connectivity index is 2.66. The van der Waals surface area contributed by atoms with E-state index in [1.165, 1.54) is 5.56 Å². The van der Waals surface area contributed by atoms with Crippen molar-refractivity contribution >= 4 is 25.4 Å². The van der Waals surface area contributed by atoms with Crippen molar-refractivity contribution in [1.82, 2.24) is 0 Å². The summed E-state index contributed by atoms with van der Waals surface area (Å²) < 4.78 is 5.46. The van der Waals surface area contributed by atoms with Gasteiger partial charge in [-0.05, 0) is 19.1 Å². The Labute approximate surface area is 72.9 Å². The number of rotatable bonds is 2. The van der Waals surface area contributed by atoms with E-state index >= 15 is 0 Å². The molecule has 0 saturated heterocycles. The highest BCUT2D eigenvalue weighted by molar-refractivity contribution is 8.41. The van der Waals surface area contributed by atoms with Crippen LogP contribution in [0.3, 0.4) is 0 Å². The van der Waals surface area contributed by atoms with Crippen molar-refractivity contribution < 1.29 is 4.52 Å². The van der Waals surface area contributed by atoms with E-state index in [1.807, 2.05) is 24.3 Å². The van der Waals surface area contributed by atoms with Crippen molar-refractivity contribution in [2.45, 2.75) is 6.92 Å². The number of aryl methyl sites for hydroxylation is 1. The van der Waals surface area contributed by atoms with Crippen LogP contribution in [0.4, 0.5) is 0 Å². The van der Waals surface area contributed by atoms with Crippen LogP contribution in [0.5, 0.6) is 5.75 Å². The lowest BCUT2D eigenvalue weighted by Crippen LogP contribution is -1.77. The largest absolute Gasteiger partial charge is 0.466 e. The van der Waals surface area contributed by atoms with Gasteiger partial charge < -0.3 is 4.52 Å². The Morgan fingerprint density at radius 3 is 2.18 bits per heavy atom. The number of hydrogen-bond donors (Lipinski definition) is 0. The molecule has 1 aromatic carbocycles. The normalized spacial score (nSPS) is 10.2. The summed E-state index contributed by atoms with van der Waals surface area (Å²) >= 11 is 0. The predicted molar refractivity (Wildman–Crippen MR) is 58.1 cm³/mol. The molecule has 0 aliphatic rings.